The van der Waals surface area contributed by atoms with Gasteiger partial charge in [0, 0.05) is 6.54 Å². The molecule has 0 aliphatic heterocycles. The van der Waals surface area contributed by atoms with Crippen LogP contribution in [0.4, 0.5) is 0 Å². The molecule has 2 aromatic rings. The fourth-order valence-electron chi connectivity index (χ4n) is 2.52. The molecule has 1 aromatic heterocycles. The van der Waals surface area contributed by atoms with Crippen molar-refractivity contribution < 1.29 is 14.4 Å². The zero-order valence-electron chi connectivity index (χ0n) is 15.6. The van der Waals surface area contributed by atoms with E-state index in [9.17, 15) is 14.4 Å². The quantitative estimate of drug-likeness (QED) is 0.100. The van der Waals surface area contributed by atoms with E-state index in [-0.39, 0.29) is 30.6 Å². The SMILES string of the molecule is CC(=O)CNCC(=O)NC(CCCNC=NN)C(=O)c1nc2ccccc2s1. The van der Waals surface area contributed by atoms with Crippen molar-refractivity contribution in [1.82, 2.24) is 20.9 Å². The van der Waals surface area contributed by atoms with Gasteiger partial charge in [-0.15, -0.1) is 11.3 Å². The lowest BCUT2D eigenvalue weighted by atomic mass is 10.1. The molecule has 9 nitrogen and oxygen atoms in total. The van der Waals surface area contributed by atoms with Crippen LogP contribution in [-0.2, 0) is 9.59 Å². The van der Waals surface area contributed by atoms with Gasteiger partial charge >= 0.3 is 0 Å². The number of ketones is 2. The second kappa shape index (κ2) is 11.1. The third-order valence-electron chi connectivity index (χ3n) is 3.80. The average Bonchev–Trinajstić information content (AvgIpc) is 3.10. The highest BCUT2D eigenvalue weighted by Gasteiger charge is 2.24. The number of para-hydroxylation sites is 1. The molecule has 10 heteroatoms. The Morgan fingerprint density at radius 1 is 1.29 bits per heavy atom. The van der Waals surface area contributed by atoms with Crippen LogP contribution in [0.1, 0.15) is 29.6 Å². The number of nitrogens with one attached hydrogen (secondary N) is 3. The van der Waals surface area contributed by atoms with Crippen molar-refractivity contribution >= 4 is 45.4 Å². The summed E-state index contributed by atoms with van der Waals surface area (Å²) in [4.78, 5) is 40.5. The number of nitrogens with two attached hydrogens (primary N) is 1. The summed E-state index contributed by atoms with van der Waals surface area (Å²) in [7, 11) is 0. The summed E-state index contributed by atoms with van der Waals surface area (Å²) in [6, 6.07) is 6.79. The zero-order valence-corrected chi connectivity index (χ0v) is 16.4. The van der Waals surface area contributed by atoms with Crippen LogP contribution in [0.2, 0.25) is 0 Å². The van der Waals surface area contributed by atoms with Crippen LogP contribution in [0.5, 0.6) is 0 Å². The number of carbonyl (C=O) groups excluding carboxylic acids is 3. The highest BCUT2D eigenvalue weighted by molar-refractivity contribution is 7.20. The number of hydrogen-bond acceptors (Lipinski definition) is 8. The lowest BCUT2D eigenvalue weighted by Gasteiger charge is -2.17. The van der Waals surface area contributed by atoms with Crippen LogP contribution in [0.15, 0.2) is 29.4 Å². The molecule has 1 heterocycles. The highest BCUT2D eigenvalue weighted by atomic mass is 32.1. The molecular formula is C18H24N6O3S. The van der Waals surface area contributed by atoms with E-state index in [1.807, 2.05) is 24.3 Å². The Morgan fingerprint density at radius 3 is 2.79 bits per heavy atom. The molecule has 1 atom stereocenters. The monoisotopic (exact) mass is 404 g/mol. The van der Waals surface area contributed by atoms with Crippen LogP contribution in [0.25, 0.3) is 10.2 Å². The molecule has 1 amide bonds. The van der Waals surface area contributed by atoms with Gasteiger partial charge in [0.2, 0.25) is 11.7 Å². The van der Waals surface area contributed by atoms with Crippen LogP contribution in [-0.4, -0.2) is 54.5 Å². The fraction of sp³-hybridized carbons (Fsp3) is 0.389. The Balaban J connectivity index is 2.03. The van der Waals surface area contributed by atoms with Gasteiger partial charge in [0.25, 0.3) is 0 Å². The molecule has 150 valence electrons. The van der Waals surface area contributed by atoms with Gasteiger partial charge in [-0.3, -0.25) is 14.4 Å². The van der Waals surface area contributed by atoms with Gasteiger partial charge < -0.3 is 21.8 Å². The minimum absolute atomic E-state index is 0.0404. The first-order valence-electron chi connectivity index (χ1n) is 8.85. The number of Topliss-reactive ketones (excluding diaryl/α,β-unsaturated/α-hetero) is 2. The molecule has 1 aromatic carbocycles. The zero-order chi connectivity index (χ0) is 20.4. The summed E-state index contributed by atoms with van der Waals surface area (Å²) >= 11 is 1.30. The summed E-state index contributed by atoms with van der Waals surface area (Å²) < 4.78 is 0.917. The van der Waals surface area contributed by atoms with Gasteiger partial charge in [-0.1, -0.05) is 12.1 Å². The van der Waals surface area contributed by atoms with Crippen LogP contribution < -0.4 is 21.8 Å². The normalized spacial score (nSPS) is 12.2. The summed E-state index contributed by atoms with van der Waals surface area (Å²) in [6.07, 6.45) is 2.42. The Morgan fingerprint density at radius 2 is 2.07 bits per heavy atom. The van der Waals surface area contributed by atoms with Gasteiger partial charge in [0.05, 0.1) is 29.3 Å². The second-order valence-corrected chi connectivity index (χ2v) is 7.18. The highest BCUT2D eigenvalue weighted by Crippen LogP contribution is 2.23. The van der Waals surface area contributed by atoms with E-state index in [4.69, 9.17) is 5.84 Å². The van der Waals surface area contributed by atoms with Crippen molar-refractivity contribution in [1.29, 1.82) is 0 Å². The number of carbonyl (C=O) groups is 3. The van der Waals surface area contributed by atoms with Crippen molar-refractivity contribution in [3.63, 3.8) is 0 Å². The Kier molecular flexibility index (Phi) is 8.50. The van der Waals surface area contributed by atoms with E-state index in [0.29, 0.717) is 24.4 Å². The van der Waals surface area contributed by atoms with Crippen molar-refractivity contribution in [2.75, 3.05) is 19.6 Å². The molecule has 0 bridgehead atoms. The maximum atomic E-state index is 12.9. The van der Waals surface area contributed by atoms with E-state index in [1.165, 1.54) is 24.6 Å². The molecule has 0 aliphatic rings. The number of fused-ring (bicyclic) bond motifs is 1. The van der Waals surface area contributed by atoms with Gasteiger partial charge in [-0.05, 0) is 31.9 Å². The van der Waals surface area contributed by atoms with Crippen molar-refractivity contribution in [3.05, 3.63) is 29.3 Å². The number of hydrogen-bond donors (Lipinski definition) is 4. The van der Waals surface area contributed by atoms with Gasteiger partial charge in [0.1, 0.15) is 12.1 Å². The van der Waals surface area contributed by atoms with E-state index in [0.717, 1.165) is 10.2 Å². The minimum Gasteiger partial charge on any atom is -0.375 e. The van der Waals surface area contributed by atoms with Crippen molar-refractivity contribution in [3.8, 4) is 0 Å². The Hall–Kier alpha value is -2.85. The third kappa shape index (κ3) is 6.71. The molecule has 28 heavy (non-hydrogen) atoms. The molecule has 0 radical (unpaired) electrons. The first-order chi connectivity index (χ1) is 13.5. The van der Waals surface area contributed by atoms with Crippen LogP contribution in [0.3, 0.4) is 0 Å². The standard InChI is InChI=1S/C18H24N6O3S/c1-12(25)9-21-10-16(26)23-14(6-4-8-20-11-22-19)17(27)18-24-13-5-2-3-7-15(13)28-18/h2-3,5,7,11,14,21H,4,6,8-10,19H2,1H3,(H,20,22)(H,23,26). The topological polar surface area (TPSA) is 139 Å². The number of benzene rings is 1. The van der Waals surface area contributed by atoms with E-state index in [1.54, 1.807) is 0 Å². The molecule has 0 fully saturated rings. The lowest BCUT2D eigenvalue weighted by molar-refractivity contribution is -0.121. The van der Waals surface area contributed by atoms with Crippen molar-refractivity contribution in [2.24, 2.45) is 10.9 Å². The number of hydrazone groups is 1. The molecular weight excluding hydrogens is 380 g/mol. The molecule has 2 rings (SSSR count). The Bertz CT molecular complexity index is 818. The second-order valence-electron chi connectivity index (χ2n) is 6.15. The molecule has 1 unspecified atom stereocenters. The number of thiazole rings is 1. The number of nitrogens with zero attached hydrogens (tertiary/aromatic N) is 2. The predicted octanol–water partition coefficient (Wildman–Crippen LogP) is 0.414. The summed E-state index contributed by atoms with van der Waals surface area (Å²) in [5.74, 6) is 4.38. The van der Waals surface area contributed by atoms with E-state index < -0.39 is 6.04 Å². The molecule has 0 spiro atoms. The largest absolute Gasteiger partial charge is 0.375 e. The third-order valence-corrected chi connectivity index (χ3v) is 4.85. The Labute approximate surface area is 166 Å². The molecule has 0 saturated carbocycles. The smallest absolute Gasteiger partial charge is 0.234 e. The van der Waals surface area contributed by atoms with Gasteiger partial charge in [-0.25, -0.2) is 4.98 Å². The lowest BCUT2D eigenvalue weighted by Crippen LogP contribution is -2.45. The maximum Gasteiger partial charge on any atom is 0.234 e. The number of rotatable bonds is 12. The van der Waals surface area contributed by atoms with Gasteiger partial charge in [-0.2, -0.15) is 5.10 Å². The maximum absolute atomic E-state index is 12.9. The first kappa shape index (κ1) is 21.5. The van der Waals surface area contributed by atoms with Crippen LogP contribution >= 0.6 is 11.3 Å². The van der Waals surface area contributed by atoms with Crippen molar-refractivity contribution in [2.45, 2.75) is 25.8 Å². The summed E-state index contributed by atoms with van der Waals surface area (Å²) in [6.45, 7) is 2.05. The van der Waals surface area contributed by atoms with Gasteiger partial charge in [0.15, 0.2) is 5.01 Å². The predicted molar refractivity (Wildman–Crippen MR) is 109 cm³/mol. The number of aromatic nitrogens is 1. The molecule has 5 N–H and O–H groups in total. The molecule has 0 aliphatic carbocycles. The minimum atomic E-state index is -0.705. The summed E-state index contributed by atoms with van der Waals surface area (Å²) in [5.41, 5.74) is 0.755. The summed E-state index contributed by atoms with van der Waals surface area (Å²) in [5, 5.41) is 12.1. The average molecular weight is 404 g/mol. The van der Waals surface area contributed by atoms with Crippen LogP contribution in [0, 0.1) is 0 Å². The first-order valence-corrected chi connectivity index (χ1v) is 9.67. The molecule has 0 saturated heterocycles. The number of amides is 1. The van der Waals surface area contributed by atoms with E-state index in [2.05, 4.69) is 26.0 Å². The van der Waals surface area contributed by atoms with E-state index >= 15 is 0 Å². The fourth-order valence-corrected chi connectivity index (χ4v) is 3.48.